The maximum absolute atomic E-state index is 11.9. The van der Waals surface area contributed by atoms with Crippen LogP contribution in [0.3, 0.4) is 0 Å². The van der Waals surface area contributed by atoms with E-state index >= 15 is 0 Å². The lowest BCUT2D eigenvalue weighted by molar-refractivity contribution is 0.0953. The molecule has 0 atom stereocenters. The number of carbonyl (C=O) groups is 1. The Morgan fingerprint density at radius 1 is 1.47 bits per heavy atom. The summed E-state index contributed by atoms with van der Waals surface area (Å²) in [5.74, 6) is 0.514. The number of aromatic nitrogens is 1. The molecule has 0 saturated heterocycles. The Labute approximate surface area is 110 Å². The first-order valence-electron chi connectivity index (χ1n) is 5.80. The Bertz CT molecular complexity index is 382. The second-order valence-corrected chi connectivity index (χ2v) is 4.68. The fraction of sp³-hybridized carbons (Fsp3) is 0.500. The predicted molar refractivity (Wildman–Crippen MR) is 73.3 cm³/mol. The van der Waals surface area contributed by atoms with Crippen LogP contribution in [0, 0.1) is 0 Å². The van der Waals surface area contributed by atoms with E-state index in [-0.39, 0.29) is 5.91 Å². The summed E-state index contributed by atoms with van der Waals surface area (Å²) in [5.41, 5.74) is 0.568. The maximum atomic E-state index is 11.9. The first-order chi connectivity index (χ1) is 8.19. The Balaban J connectivity index is 2.64. The van der Waals surface area contributed by atoms with Crippen molar-refractivity contribution in [3.05, 3.63) is 22.3 Å². The summed E-state index contributed by atoms with van der Waals surface area (Å²) < 4.78 is 0.801. The number of halogens is 1. The lowest BCUT2D eigenvalue weighted by Gasteiger charge is -2.09. The number of amides is 1. The predicted octanol–water partition coefficient (Wildman–Crippen LogP) is 2.81. The van der Waals surface area contributed by atoms with Gasteiger partial charge in [0.1, 0.15) is 5.82 Å². The third-order valence-corrected chi connectivity index (χ3v) is 2.84. The SMILES string of the molecule is CCCCCNC(=O)c1cc(Br)cnc1NC. The van der Waals surface area contributed by atoms with Crippen LogP contribution in [-0.4, -0.2) is 24.5 Å². The van der Waals surface area contributed by atoms with E-state index in [1.807, 2.05) is 0 Å². The minimum absolute atomic E-state index is 0.0840. The summed E-state index contributed by atoms with van der Waals surface area (Å²) in [6, 6.07) is 1.77. The smallest absolute Gasteiger partial charge is 0.255 e. The summed E-state index contributed by atoms with van der Waals surface area (Å²) in [7, 11) is 1.75. The molecule has 2 N–H and O–H groups in total. The molecular formula is C12H18BrN3O. The highest BCUT2D eigenvalue weighted by Crippen LogP contribution is 2.17. The number of hydrogen-bond acceptors (Lipinski definition) is 3. The molecule has 1 aromatic heterocycles. The third-order valence-electron chi connectivity index (χ3n) is 2.40. The van der Waals surface area contributed by atoms with Crippen LogP contribution >= 0.6 is 15.9 Å². The van der Waals surface area contributed by atoms with Gasteiger partial charge in [-0.25, -0.2) is 4.98 Å². The van der Waals surface area contributed by atoms with Crippen LogP contribution < -0.4 is 10.6 Å². The average Bonchev–Trinajstić information content (AvgIpc) is 2.34. The molecule has 1 amide bonds. The molecule has 0 aliphatic rings. The highest BCUT2D eigenvalue weighted by molar-refractivity contribution is 9.10. The molecule has 0 radical (unpaired) electrons. The molecule has 1 heterocycles. The zero-order chi connectivity index (χ0) is 12.7. The molecule has 0 bridgehead atoms. The van der Waals surface area contributed by atoms with Crippen molar-refractivity contribution in [2.45, 2.75) is 26.2 Å². The van der Waals surface area contributed by atoms with E-state index in [0.717, 1.165) is 23.7 Å². The molecule has 0 saturated carbocycles. The molecule has 0 spiro atoms. The van der Waals surface area contributed by atoms with Gasteiger partial charge in [0.05, 0.1) is 5.56 Å². The van der Waals surface area contributed by atoms with Gasteiger partial charge in [-0.1, -0.05) is 19.8 Å². The normalized spacial score (nSPS) is 10.1. The number of anilines is 1. The molecule has 5 heteroatoms. The average molecular weight is 300 g/mol. The van der Waals surface area contributed by atoms with E-state index in [0.29, 0.717) is 17.9 Å². The Kier molecular flexibility index (Phi) is 5.97. The van der Waals surface area contributed by atoms with Gasteiger partial charge < -0.3 is 10.6 Å². The van der Waals surface area contributed by atoms with Gasteiger partial charge >= 0.3 is 0 Å². The maximum Gasteiger partial charge on any atom is 0.255 e. The molecule has 94 valence electrons. The third kappa shape index (κ3) is 4.34. The summed E-state index contributed by atoms with van der Waals surface area (Å²) >= 11 is 3.32. The van der Waals surface area contributed by atoms with Crippen LogP contribution in [0.2, 0.25) is 0 Å². The number of nitrogens with one attached hydrogen (secondary N) is 2. The van der Waals surface area contributed by atoms with E-state index < -0.39 is 0 Å². The topological polar surface area (TPSA) is 54.0 Å². The lowest BCUT2D eigenvalue weighted by Crippen LogP contribution is -2.25. The molecule has 1 aromatic rings. The Hall–Kier alpha value is -1.10. The Morgan fingerprint density at radius 3 is 2.88 bits per heavy atom. The fourth-order valence-corrected chi connectivity index (χ4v) is 1.82. The monoisotopic (exact) mass is 299 g/mol. The van der Waals surface area contributed by atoms with E-state index in [9.17, 15) is 4.79 Å². The number of unbranched alkanes of at least 4 members (excludes halogenated alkanes) is 2. The molecule has 17 heavy (non-hydrogen) atoms. The van der Waals surface area contributed by atoms with Gasteiger partial charge in [0.2, 0.25) is 0 Å². The van der Waals surface area contributed by atoms with Crippen LogP contribution in [-0.2, 0) is 0 Å². The van der Waals surface area contributed by atoms with Crippen molar-refractivity contribution >= 4 is 27.7 Å². The van der Waals surface area contributed by atoms with Gasteiger partial charge in [0.25, 0.3) is 5.91 Å². The number of hydrogen-bond donors (Lipinski definition) is 2. The second-order valence-electron chi connectivity index (χ2n) is 3.76. The van der Waals surface area contributed by atoms with E-state index in [4.69, 9.17) is 0 Å². The summed E-state index contributed by atoms with van der Waals surface area (Å²) in [6.07, 6.45) is 4.96. The molecule has 0 unspecified atom stereocenters. The molecule has 0 aliphatic heterocycles. The summed E-state index contributed by atoms with van der Waals surface area (Å²) in [6.45, 7) is 2.85. The van der Waals surface area contributed by atoms with Gasteiger partial charge in [-0.2, -0.15) is 0 Å². The minimum Gasteiger partial charge on any atom is -0.372 e. The van der Waals surface area contributed by atoms with Gasteiger partial charge in [-0.15, -0.1) is 0 Å². The number of nitrogens with zero attached hydrogens (tertiary/aromatic N) is 1. The first-order valence-corrected chi connectivity index (χ1v) is 6.59. The molecule has 0 aromatic carbocycles. The number of pyridine rings is 1. The van der Waals surface area contributed by atoms with E-state index in [2.05, 4.69) is 38.5 Å². The highest BCUT2D eigenvalue weighted by Gasteiger charge is 2.11. The van der Waals surface area contributed by atoms with Crippen molar-refractivity contribution in [1.29, 1.82) is 0 Å². The van der Waals surface area contributed by atoms with Crippen molar-refractivity contribution < 1.29 is 4.79 Å². The van der Waals surface area contributed by atoms with Crippen molar-refractivity contribution in [1.82, 2.24) is 10.3 Å². The quantitative estimate of drug-likeness (QED) is 0.794. The zero-order valence-electron chi connectivity index (χ0n) is 10.2. The fourth-order valence-electron chi connectivity index (χ4n) is 1.48. The van der Waals surface area contributed by atoms with Crippen molar-refractivity contribution in [3.63, 3.8) is 0 Å². The van der Waals surface area contributed by atoms with Crippen LogP contribution in [0.1, 0.15) is 36.5 Å². The largest absolute Gasteiger partial charge is 0.372 e. The van der Waals surface area contributed by atoms with Crippen LogP contribution in [0.5, 0.6) is 0 Å². The van der Waals surface area contributed by atoms with Crippen LogP contribution in [0.15, 0.2) is 16.7 Å². The van der Waals surface area contributed by atoms with E-state index in [1.165, 1.54) is 0 Å². The second kappa shape index (κ2) is 7.27. The van der Waals surface area contributed by atoms with E-state index in [1.54, 1.807) is 19.3 Å². The lowest BCUT2D eigenvalue weighted by atomic mass is 10.2. The highest BCUT2D eigenvalue weighted by atomic mass is 79.9. The zero-order valence-corrected chi connectivity index (χ0v) is 11.8. The standard InChI is InChI=1S/C12H18BrN3O/c1-3-4-5-6-15-12(17)10-7-9(13)8-16-11(10)14-2/h7-8H,3-6H2,1-2H3,(H,14,16)(H,15,17). The molecule has 0 fully saturated rings. The first kappa shape index (κ1) is 14.0. The van der Waals surface area contributed by atoms with Crippen molar-refractivity contribution in [2.75, 3.05) is 18.9 Å². The van der Waals surface area contributed by atoms with Gasteiger partial charge in [0.15, 0.2) is 0 Å². The molecule has 4 nitrogen and oxygen atoms in total. The van der Waals surface area contributed by atoms with Gasteiger partial charge in [-0.05, 0) is 28.4 Å². The number of carbonyl (C=O) groups excluding carboxylic acids is 1. The van der Waals surface area contributed by atoms with Crippen LogP contribution in [0.4, 0.5) is 5.82 Å². The number of rotatable bonds is 6. The Morgan fingerprint density at radius 2 is 2.24 bits per heavy atom. The molecule has 0 aliphatic carbocycles. The van der Waals surface area contributed by atoms with Crippen molar-refractivity contribution in [3.8, 4) is 0 Å². The molecular weight excluding hydrogens is 282 g/mol. The van der Waals surface area contributed by atoms with Crippen molar-refractivity contribution in [2.24, 2.45) is 0 Å². The summed E-state index contributed by atoms with van der Waals surface area (Å²) in [4.78, 5) is 16.1. The molecule has 1 rings (SSSR count). The van der Waals surface area contributed by atoms with Gasteiger partial charge in [-0.3, -0.25) is 4.79 Å². The summed E-state index contributed by atoms with van der Waals surface area (Å²) in [5, 5.41) is 5.81. The minimum atomic E-state index is -0.0840. The van der Waals surface area contributed by atoms with Crippen LogP contribution in [0.25, 0.3) is 0 Å². The van der Waals surface area contributed by atoms with Gasteiger partial charge in [0, 0.05) is 24.3 Å².